The summed E-state index contributed by atoms with van der Waals surface area (Å²) in [6, 6.07) is 0. The molecule has 4 N–H and O–H groups in total. The molecule has 3 fully saturated rings. The van der Waals surface area contributed by atoms with E-state index in [1.807, 2.05) is 13.1 Å². The maximum Gasteiger partial charge on any atom is 0.218 e. The summed E-state index contributed by atoms with van der Waals surface area (Å²) in [7, 11) is 0. The molecule has 1 aromatic rings. The molecule has 4 aliphatic rings. The molecule has 0 amide bonds. The van der Waals surface area contributed by atoms with Gasteiger partial charge in [0.05, 0.1) is 18.0 Å². The van der Waals surface area contributed by atoms with Crippen LogP contribution in [0.25, 0.3) is 11.9 Å². The third kappa shape index (κ3) is 3.20. The number of aromatic nitrogens is 2. The lowest BCUT2D eigenvalue weighted by Crippen LogP contribution is -2.69. The zero-order valence-electron chi connectivity index (χ0n) is 22.1. The zero-order chi connectivity index (χ0) is 27.2. The van der Waals surface area contributed by atoms with Crippen LogP contribution in [0.3, 0.4) is 0 Å². The number of hydrogen-bond donors (Lipinski definition) is 4. The molecule has 0 spiro atoms. The van der Waals surface area contributed by atoms with Gasteiger partial charge in [-0.1, -0.05) is 57.5 Å². The van der Waals surface area contributed by atoms with Gasteiger partial charge in [0.2, 0.25) is 5.12 Å². The average Bonchev–Trinajstić information content (AvgIpc) is 3.34. The number of carbonyl (C=O) groups excluding carboxylic acids is 1. The fourth-order valence-electron chi connectivity index (χ4n) is 8.83. The van der Waals surface area contributed by atoms with Crippen LogP contribution in [0.5, 0.6) is 0 Å². The quantitative estimate of drug-likeness (QED) is 0.314. The van der Waals surface area contributed by atoms with E-state index in [1.54, 1.807) is 22.9 Å². The minimum Gasteiger partial charge on any atom is -0.392 e. The highest BCUT2D eigenvalue weighted by atomic mass is 35.5. The molecule has 5 rings (SSSR count). The number of fused-ring (bicyclic) bond motifs is 6. The number of halogens is 1. The Bertz CT molecular complexity index is 1280. The smallest absolute Gasteiger partial charge is 0.218 e. The van der Waals surface area contributed by atoms with Crippen LogP contribution in [0.15, 0.2) is 41.6 Å². The predicted octanol–water partition coefficient (Wildman–Crippen LogP) is 5.07. The number of allylic oxidation sites excluding steroid dienone is 5. The van der Waals surface area contributed by atoms with Crippen molar-refractivity contribution in [3.63, 3.8) is 0 Å². The number of rotatable bonds is 4. The first-order chi connectivity index (χ1) is 17.2. The summed E-state index contributed by atoms with van der Waals surface area (Å²) in [4.78, 5) is 12.6. The predicted molar refractivity (Wildman–Crippen MR) is 150 cm³/mol. The van der Waals surface area contributed by atoms with E-state index in [9.17, 15) is 15.0 Å². The normalized spacial score (nSPS) is 43.3. The summed E-state index contributed by atoms with van der Waals surface area (Å²) in [5.74, 6) is 0.592. The van der Waals surface area contributed by atoms with Crippen LogP contribution in [0.4, 0.5) is 0 Å². The number of carbonyl (C=O) groups is 1. The first kappa shape index (κ1) is 26.8. The van der Waals surface area contributed by atoms with Gasteiger partial charge in [0.25, 0.3) is 0 Å². The van der Waals surface area contributed by atoms with Crippen LogP contribution in [-0.2, 0) is 11.2 Å². The molecule has 8 heteroatoms. The minimum atomic E-state index is -1.53. The van der Waals surface area contributed by atoms with Gasteiger partial charge in [0.15, 0.2) is 0 Å². The molecule has 5 unspecified atom stereocenters. The molecule has 0 bridgehead atoms. The van der Waals surface area contributed by atoms with Gasteiger partial charge in [-0.15, -0.1) is 12.6 Å². The second kappa shape index (κ2) is 8.35. The van der Waals surface area contributed by atoms with Crippen LogP contribution >= 0.6 is 24.2 Å². The van der Waals surface area contributed by atoms with Crippen LogP contribution in [0.2, 0.25) is 0 Å². The fraction of sp³-hybridized carbons (Fsp3) is 0.586. The van der Waals surface area contributed by atoms with E-state index in [0.717, 1.165) is 36.9 Å². The summed E-state index contributed by atoms with van der Waals surface area (Å²) in [5.41, 5.74) is 6.36. The first-order valence-electron chi connectivity index (χ1n) is 13.1. The Morgan fingerprint density at radius 2 is 2.00 bits per heavy atom. The summed E-state index contributed by atoms with van der Waals surface area (Å²) in [6.45, 7) is 12.4. The number of nitrogens with two attached hydrogens (primary N) is 1. The monoisotopic (exact) mass is 543 g/mol. The summed E-state index contributed by atoms with van der Waals surface area (Å²) >= 11 is 10.2. The highest BCUT2D eigenvalue weighted by Gasteiger charge is 2.76. The van der Waals surface area contributed by atoms with E-state index < -0.39 is 27.7 Å². The molecular formula is C29H38ClN3O3S. The minimum absolute atomic E-state index is 0.130. The average molecular weight is 544 g/mol. The van der Waals surface area contributed by atoms with Gasteiger partial charge in [0.1, 0.15) is 11.4 Å². The van der Waals surface area contributed by atoms with Crippen molar-refractivity contribution in [2.75, 3.05) is 0 Å². The molecule has 200 valence electrons. The van der Waals surface area contributed by atoms with Crippen molar-refractivity contribution in [1.82, 2.24) is 9.78 Å². The van der Waals surface area contributed by atoms with Crippen molar-refractivity contribution in [2.24, 2.45) is 33.3 Å². The molecule has 0 radical (unpaired) electrons. The van der Waals surface area contributed by atoms with Crippen LogP contribution in [-0.4, -0.2) is 36.8 Å². The largest absolute Gasteiger partial charge is 0.392 e. The Morgan fingerprint density at radius 1 is 1.30 bits per heavy atom. The van der Waals surface area contributed by atoms with Crippen LogP contribution in [0.1, 0.15) is 71.1 Å². The van der Waals surface area contributed by atoms with Gasteiger partial charge < -0.3 is 15.9 Å². The Hall–Kier alpha value is -1.80. The Balaban J connectivity index is 1.58. The summed E-state index contributed by atoms with van der Waals surface area (Å²) in [5, 5.41) is 28.1. The van der Waals surface area contributed by atoms with Crippen molar-refractivity contribution in [1.29, 1.82) is 0 Å². The third-order valence-corrected chi connectivity index (χ3v) is 12.2. The molecule has 7 atom stereocenters. The van der Waals surface area contributed by atoms with Crippen molar-refractivity contribution < 1.29 is 15.0 Å². The maximum atomic E-state index is 12.6. The molecular weight excluding hydrogens is 506 g/mol. The summed E-state index contributed by atoms with van der Waals surface area (Å²) < 4.78 is 1.74. The molecule has 0 aromatic carbocycles. The molecule has 6 nitrogen and oxygen atoms in total. The molecule has 0 aliphatic heterocycles. The summed E-state index contributed by atoms with van der Waals surface area (Å²) in [6.07, 6.45) is 12.3. The lowest BCUT2D eigenvalue weighted by molar-refractivity contribution is -0.240. The number of aliphatic hydroxyl groups is 2. The molecule has 1 aromatic heterocycles. The van der Waals surface area contributed by atoms with Gasteiger partial charge in [0, 0.05) is 21.3 Å². The standard InChI is InChI=1S/C29H38ClN3O3S/c1-6-19(30)8-10-23(31)33-20-13-18-7-9-21-25(2)11-12-29(36,24(35)37)27(25,4)15-22(34)28(21,5)26(18,3)14-17(20)16-32-33/h6,8,10,13,16,21-22,34,36H,1,7,9,11-12,14-15,31H2,2-5H3,(H,35,37)/b19-8+,23-10+/t21?,22?,25-,26?,27?,28+,29?/m0/s1. The SMILES string of the molecule is C=C/C(Cl)=C\C=C(/N)n1ncc2c1C=C1CCC3[C@](C)(C(O)CC4(C)C(O)(C(=O)S)CC[C@@]34C)C1(C)C2. The van der Waals surface area contributed by atoms with Crippen LogP contribution < -0.4 is 5.73 Å². The van der Waals surface area contributed by atoms with E-state index in [-0.39, 0.29) is 16.7 Å². The first-order valence-corrected chi connectivity index (χ1v) is 13.9. The lowest BCUT2D eigenvalue weighted by Gasteiger charge is -2.69. The van der Waals surface area contributed by atoms with Crippen molar-refractivity contribution >= 4 is 41.2 Å². The van der Waals surface area contributed by atoms with Crippen molar-refractivity contribution in [3.05, 3.63) is 52.9 Å². The van der Waals surface area contributed by atoms with Crippen molar-refractivity contribution in [2.45, 2.75) is 77.9 Å². The lowest BCUT2D eigenvalue weighted by atomic mass is 9.35. The molecule has 3 saturated carbocycles. The van der Waals surface area contributed by atoms with Gasteiger partial charge in [-0.25, -0.2) is 4.68 Å². The number of thiol groups is 1. The third-order valence-electron chi connectivity index (χ3n) is 11.5. The van der Waals surface area contributed by atoms with Gasteiger partial charge in [-0.05, 0) is 73.6 Å². The zero-order valence-corrected chi connectivity index (χ0v) is 23.7. The van der Waals surface area contributed by atoms with E-state index in [2.05, 4.69) is 51.2 Å². The second-order valence-corrected chi connectivity index (χ2v) is 13.3. The fourth-order valence-corrected chi connectivity index (χ4v) is 9.25. The topological polar surface area (TPSA) is 101 Å². The number of hydrogen-bond acceptors (Lipinski definition) is 5. The number of aliphatic hydroxyl groups excluding tert-OH is 1. The van der Waals surface area contributed by atoms with E-state index in [1.165, 1.54) is 5.57 Å². The molecule has 0 saturated heterocycles. The van der Waals surface area contributed by atoms with Gasteiger partial charge in [-0.2, -0.15) is 5.10 Å². The second-order valence-electron chi connectivity index (χ2n) is 12.5. The van der Waals surface area contributed by atoms with Crippen LogP contribution in [0, 0.1) is 27.6 Å². The van der Waals surface area contributed by atoms with Gasteiger partial charge in [-0.3, -0.25) is 4.79 Å². The Labute approximate surface area is 229 Å². The Morgan fingerprint density at radius 3 is 2.65 bits per heavy atom. The van der Waals surface area contributed by atoms with E-state index in [0.29, 0.717) is 23.7 Å². The maximum absolute atomic E-state index is 12.6. The van der Waals surface area contributed by atoms with E-state index in [4.69, 9.17) is 17.3 Å². The molecule has 4 aliphatic carbocycles. The molecule has 1 heterocycles. The van der Waals surface area contributed by atoms with Gasteiger partial charge >= 0.3 is 0 Å². The van der Waals surface area contributed by atoms with E-state index >= 15 is 0 Å². The number of nitrogens with zero attached hydrogens (tertiary/aromatic N) is 2. The molecule has 37 heavy (non-hydrogen) atoms. The highest BCUT2D eigenvalue weighted by molar-refractivity contribution is 7.96. The Kier molecular flexibility index (Phi) is 6.04. The highest BCUT2D eigenvalue weighted by Crippen LogP contribution is 2.77. The van der Waals surface area contributed by atoms with Crippen molar-refractivity contribution in [3.8, 4) is 0 Å².